The van der Waals surface area contributed by atoms with Gasteiger partial charge >= 0.3 is 0 Å². The van der Waals surface area contributed by atoms with E-state index >= 15 is 0 Å². The standard InChI is InChI=1S/C20H20N6/c1-12-4-3-5-13(2)19(12)16-11-18-21-8-9-26(18)20(22-16)23-17-10-15(24-25-17)14-6-7-14/h3-5,8-11,14H,6-7H2,1-2H3,(H2,22,23,24,25). The molecule has 130 valence electrons. The van der Waals surface area contributed by atoms with E-state index in [0.717, 1.165) is 22.7 Å². The number of nitrogens with zero attached hydrogens (tertiary/aromatic N) is 4. The first-order valence-corrected chi connectivity index (χ1v) is 8.92. The van der Waals surface area contributed by atoms with Crippen molar-refractivity contribution in [3.8, 4) is 11.3 Å². The molecule has 3 aromatic heterocycles. The predicted molar refractivity (Wildman–Crippen MR) is 102 cm³/mol. The molecule has 0 saturated heterocycles. The van der Waals surface area contributed by atoms with Gasteiger partial charge in [-0.25, -0.2) is 9.97 Å². The van der Waals surface area contributed by atoms with Crippen LogP contribution in [-0.2, 0) is 0 Å². The molecular weight excluding hydrogens is 324 g/mol. The molecule has 6 heteroatoms. The highest BCUT2D eigenvalue weighted by Gasteiger charge is 2.25. The van der Waals surface area contributed by atoms with E-state index in [9.17, 15) is 0 Å². The van der Waals surface area contributed by atoms with Crippen molar-refractivity contribution in [2.75, 3.05) is 5.32 Å². The Balaban J connectivity index is 1.61. The molecule has 6 nitrogen and oxygen atoms in total. The van der Waals surface area contributed by atoms with Crippen LogP contribution in [0.15, 0.2) is 42.7 Å². The molecule has 1 fully saturated rings. The average Bonchev–Trinajstić information content (AvgIpc) is 3.17. The van der Waals surface area contributed by atoms with Gasteiger partial charge in [-0.15, -0.1) is 0 Å². The van der Waals surface area contributed by atoms with Crippen LogP contribution in [0.5, 0.6) is 0 Å². The van der Waals surface area contributed by atoms with Gasteiger partial charge in [0.25, 0.3) is 0 Å². The summed E-state index contributed by atoms with van der Waals surface area (Å²) in [5.41, 5.74) is 6.53. The van der Waals surface area contributed by atoms with Gasteiger partial charge in [0.2, 0.25) is 5.95 Å². The Labute approximate surface area is 151 Å². The fourth-order valence-corrected chi connectivity index (χ4v) is 3.48. The van der Waals surface area contributed by atoms with Crippen LogP contribution in [0.3, 0.4) is 0 Å². The second kappa shape index (κ2) is 5.69. The summed E-state index contributed by atoms with van der Waals surface area (Å²) < 4.78 is 1.95. The van der Waals surface area contributed by atoms with Gasteiger partial charge in [-0.1, -0.05) is 18.2 Å². The number of anilines is 2. The zero-order chi connectivity index (χ0) is 17.7. The first-order valence-electron chi connectivity index (χ1n) is 8.92. The van der Waals surface area contributed by atoms with Crippen molar-refractivity contribution >= 4 is 17.4 Å². The second-order valence-electron chi connectivity index (χ2n) is 7.00. The summed E-state index contributed by atoms with van der Waals surface area (Å²) in [6.07, 6.45) is 6.19. The highest BCUT2D eigenvalue weighted by atomic mass is 15.3. The third-order valence-corrected chi connectivity index (χ3v) is 4.98. The molecule has 1 aromatic carbocycles. The third kappa shape index (κ3) is 2.54. The summed E-state index contributed by atoms with van der Waals surface area (Å²) >= 11 is 0. The van der Waals surface area contributed by atoms with Crippen LogP contribution in [0.4, 0.5) is 11.8 Å². The van der Waals surface area contributed by atoms with Gasteiger partial charge in [-0.3, -0.25) is 9.50 Å². The number of nitrogens with one attached hydrogen (secondary N) is 2. The van der Waals surface area contributed by atoms with Crippen LogP contribution in [0.2, 0.25) is 0 Å². The molecule has 1 aliphatic carbocycles. The van der Waals surface area contributed by atoms with Crippen molar-refractivity contribution in [3.05, 3.63) is 59.5 Å². The first kappa shape index (κ1) is 15.1. The lowest BCUT2D eigenvalue weighted by molar-refractivity contribution is 0.964. The normalized spacial score (nSPS) is 14.1. The van der Waals surface area contributed by atoms with Crippen molar-refractivity contribution in [2.24, 2.45) is 0 Å². The SMILES string of the molecule is Cc1cccc(C)c1-c1cc2nccn2c(Nc2cc(C3CC3)[nH]n2)n1. The fraction of sp³-hybridized carbons (Fsp3) is 0.250. The van der Waals surface area contributed by atoms with Crippen LogP contribution >= 0.6 is 0 Å². The van der Waals surface area contributed by atoms with Gasteiger partial charge in [0.05, 0.1) is 5.69 Å². The molecule has 4 aromatic rings. The quantitative estimate of drug-likeness (QED) is 0.577. The molecule has 0 aliphatic heterocycles. The minimum absolute atomic E-state index is 0.639. The lowest BCUT2D eigenvalue weighted by Gasteiger charge is -2.12. The summed E-state index contributed by atoms with van der Waals surface area (Å²) in [6.45, 7) is 4.23. The number of benzene rings is 1. The minimum atomic E-state index is 0.639. The minimum Gasteiger partial charge on any atom is -0.308 e. The highest BCUT2D eigenvalue weighted by Crippen LogP contribution is 2.39. The molecule has 0 bridgehead atoms. The number of H-pyrrole nitrogens is 1. The van der Waals surface area contributed by atoms with E-state index in [2.05, 4.69) is 58.6 Å². The lowest BCUT2D eigenvalue weighted by atomic mass is 10.00. The Bertz CT molecular complexity index is 1080. The van der Waals surface area contributed by atoms with E-state index in [1.807, 2.05) is 16.7 Å². The zero-order valence-electron chi connectivity index (χ0n) is 14.8. The Kier molecular flexibility index (Phi) is 3.31. The molecule has 2 N–H and O–H groups in total. The molecule has 26 heavy (non-hydrogen) atoms. The van der Waals surface area contributed by atoms with Gasteiger partial charge in [-0.2, -0.15) is 5.10 Å². The maximum Gasteiger partial charge on any atom is 0.214 e. The zero-order valence-corrected chi connectivity index (χ0v) is 14.8. The van der Waals surface area contributed by atoms with Crippen LogP contribution in [0, 0.1) is 13.8 Å². The monoisotopic (exact) mass is 344 g/mol. The Morgan fingerprint density at radius 3 is 2.73 bits per heavy atom. The van der Waals surface area contributed by atoms with Gasteiger partial charge in [0, 0.05) is 41.7 Å². The Morgan fingerprint density at radius 1 is 1.15 bits per heavy atom. The van der Waals surface area contributed by atoms with Crippen LogP contribution < -0.4 is 5.32 Å². The molecule has 0 spiro atoms. The van der Waals surface area contributed by atoms with Crippen molar-refractivity contribution in [1.82, 2.24) is 24.6 Å². The maximum atomic E-state index is 4.89. The van der Waals surface area contributed by atoms with Gasteiger partial charge in [-0.05, 0) is 37.8 Å². The number of hydrogen-bond acceptors (Lipinski definition) is 4. The van der Waals surface area contributed by atoms with Crippen molar-refractivity contribution < 1.29 is 0 Å². The van der Waals surface area contributed by atoms with E-state index in [-0.39, 0.29) is 0 Å². The third-order valence-electron chi connectivity index (χ3n) is 4.98. The number of aromatic amines is 1. The highest BCUT2D eigenvalue weighted by molar-refractivity contribution is 5.72. The molecule has 1 saturated carbocycles. The van der Waals surface area contributed by atoms with E-state index < -0.39 is 0 Å². The second-order valence-corrected chi connectivity index (χ2v) is 7.00. The molecule has 1 aliphatic rings. The summed E-state index contributed by atoms with van der Waals surface area (Å²) in [5, 5.41) is 10.9. The molecule has 0 unspecified atom stereocenters. The van der Waals surface area contributed by atoms with E-state index in [1.54, 1.807) is 6.20 Å². The summed E-state index contributed by atoms with van der Waals surface area (Å²) in [5.74, 6) is 2.14. The topological polar surface area (TPSA) is 70.9 Å². The molecule has 0 amide bonds. The summed E-state index contributed by atoms with van der Waals surface area (Å²) in [7, 11) is 0. The lowest BCUT2D eigenvalue weighted by Crippen LogP contribution is -2.03. The van der Waals surface area contributed by atoms with Gasteiger partial charge in [0.15, 0.2) is 5.82 Å². The molecule has 3 heterocycles. The van der Waals surface area contributed by atoms with E-state index in [0.29, 0.717) is 11.9 Å². The molecular formula is C20H20N6. The maximum absolute atomic E-state index is 4.89. The van der Waals surface area contributed by atoms with Crippen molar-refractivity contribution in [1.29, 1.82) is 0 Å². The fourth-order valence-electron chi connectivity index (χ4n) is 3.48. The van der Waals surface area contributed by atoms with Crippen molar-refractivity contribution in [3.63, 3.8) is 0 Å². The van der Waals surface area contributed by atoms with Crippen LogP contribution in [-0.4, -0.2) is 24.6 Å². The van der Waals surface area contributed by atoms with E-state index in [4.69, 9.17) is 4.98 Å². The molecule has 5 rings (SSSR count). The largest absolute Gasteiger partial charge is 0.308 e. The summed E-state index contributed by atoms with van der Waals surface area (Å²) in [6, 6.07) is 10.4. The van der Waals surface area contributed by atoms with E-state index in [1.165, 1.54) is 29.7 Å². The average molecular weight is 344 g/mol. The Morgan fingerprint density at radius 2 is 1.96 bits per heavy atom. The number of hydrogen-bond donors (Lipinski definition) is 2. The van der Waals surface area contributed by atoms with Gasteiger partial charge < -0.3 is 5.32 Å². The number of aryl methyl sites for hydroxylation is 2. The molecule has 0 radical (unpaired) electrons. The number of rotatable bonds is 4. The first-order chi connectivity index (χ1) is 12.7. The van der Waals surface area contributed by atoms with Gasteiger partial charge in [0.1, 0.15) is 5.65 Å². The smallest absolute Gasteiger partial charge is 0.214 e. The predicted octanol–water partition coefficient (Wildman–Crippen LogP) is 4.36. The number of imidazole rings is 1. The Hall–Kier alpha value is -3.15. The van der Waals surface area contributed by atoms with Crippen LogP contribution in [0.1, 0.15) is 35.6 Å². The van der Waals surface area contributed by atoms with Crippen LogP contribution in [0.25, 0.3) is 16.9 Å². The molecule has 0 atom stereocenters. The number of fused-ring (bicyclic) bond motifs is 1. The number of aromatic nitrogens is 5. The van der Waals surface area contributed by atoms with Crippen molar-refractivity contribution in [2.45, 2.75) is 32.6 Å². The summed E-state index contributed by atoms with van der Waals surface area (Å²) in [4.78, 5) is 9.35.